The minimum atomic E-state index is 0.160. The first kappa shape index (κ1) is 14.9. The fourth-order valence-electron chi connectivity index (χ4n) is 2.58. The highest BCUT2D eigenvalue weighted by Gasteiger charge is 2.25. The summed E-state index contributed by atoms with van der Waals surface area (Å²) >= 11 is 0. The molecule has 0 bridgehead atoms. The standard InChI is InChI=1S/C13H24N6O/c1-3-4-7-19-12(15-16-17-19)10-18-8-5-11(6-9-18)13(20)14-2/h11H,3-10H2,1-2H3,(H,14,20). The van der Waals surface area contributed by atoms with Gasteiger partial charge < -0.3 is 5.32 Å². The zero-order valence-electron chi connectivity index (χ0n) is 12.4. The van der Waals surface area contributed by atoms with Crippen LogP contribution in [-0.4, -0.2) is 51.2 Å². The Morgan fingerprint density at radius 1 is 1.40 bits per heavy atom. The Morgan fingerprint density at radius 3 is 2.80 bits per heavy atom. The van der Waals surface area contributed by atoms with Crippen LogP contribution in [0.25, 0.3) is 0 Å². The molecule has 1 N–H and O–H groups in total. The Kier molecular flexibility index (Phi) is 5.46. The van der Waals surface area contributed by atoms with Gasteiger partial charge in [0.2, 0.25) is 5.91 Å². The molecule has 0 unspecified atom stereocenters. The van der Waals surface area contributed by atoms with Crippen molar-refractivity contribution in [2.45, 2.75) is 45.7 Å². The van der Waals surface area contributed by atoms with Crippen molar-refractivity contribution >= 4 is 5.91 Å². The Morgan fingerprint density at radius 2 is 2.15 bits per heavy atom. The Hall–Kier alpha value is -1.50. The highest BCUT2D eigenvalue weighted by molar-refractivity contribution is 5.78. The summed E-state index contributed by atoms with van der Waals surface area (Å²) in [4.78, 5) is 13.9. The highest BCUT2D eigenvalue weighted by atomic mass is 16.1. The van der Waals surface area contributed by atoms with Crippen molar-refractivity contribution in [1.82, 2.24) is 30.4 Å². The molecule has 1 aliphatic rings. The number of rotatable bonds is 6. The minimum Gasteiger partial charge on any atom is -0.359 e. The smallest absolute Gasteiger partial charge is 0.222 e. The predicted octanol–water partition coefficient (Wildman–Crippen LogP) is 0.431. The van der Waals surface area contributed by atoms with E-state index in [2.05, 4.69) is 32.7 Å². The van der Waals surface area contributed by atoms with Crippen molar-refractivity contribution in [3.8, 4) is 0 Å². The van der Waals surface area contributed by atoms with E-state index in [1.807, 2.05) is 4.68 Å². The summed E-state index contributed by atoms with van der Waals surface area (Å²) in [5, 5.41) is 14.7. The van der Waals surface area contributed by atoms with E-state index >= 15 is 0 Å². The molecule has 112 valence electrons. The summed E-state index contributed by atoms with van der Waals surface area (Å²) in [6, 6.07) is 0. The van der Waals surface area contributed by atoms with Gasteiger partial charge in [0.1, 0.15) is 0 Å². The van der Waals surface area contributed by atoms with Gasteiger partial charge in [0, 0.05) is 19.5 Å². The second-order valence-electron chi connectivity index (χ2n) is 5.34. The highest BCUT2D eigenvalue weighted by Crippen LogP contribution is 2.18. The topological polar surface area (TPSA) is 75.9 Å². The number of aryl methyl sites for hydroxylation is 1. The number of aromatic nitrogens is 4. The number of carbonyl (C=O) groups excluding carboxylic acids is 1. The summed E-state index contributed by atoms with van der Waals surface area (Å²) in [6.07, 6.45) is 4.06. The molecular weight excluding hydrogens is 256 g/mol. The van der Waals surface area contributed by atoms with Gasteiger partial charge in [0.05, 0.1) is 6.54 Å². The van der Waals surface area contributed by atoms with Gasteiger partial charge in [-0.3, -0.25) is 9.69 Å². The van der Waals surface area contributed by atoms with Crippen molar-refractivity contribution in [2.24, 2.45) is 5.92 Å². The van der Waals surface area contributed by atoms with E-state index in [0.717, 1.165) is 57.7 Å². The van der Waals surface area contributed by atoms with E-state index in [4.69, 9.17) is 0 Å². The zero-order valence-corrected chi connectivity index (χ0v) is 12.4. The quantitative estimate of drug-likeness (QED) is 0.818. The molecular formula is C13H24N6O. The van der Waals surface area contributed by atoms with E-state index in [1.165, 1.54) is 0 Å². The molecule has 0 atom stereocenters. The summed E-state index contributed by atoms with van der Waals surface area (Å²) < 4.78 is 1.90. The molecule has 1 saturated heterocycles. The van der Waals surface area contributed by atoms with Crippen LogP contribution in [0.2, 0.25) is 0 Å². The summed E-state index contributed by atoms with van der Waals surface area (Å²) in [5.74, 6) is 1.25. The van der Waals surface area contributed by atoms with Crippen LogP contribution in [0.15, 0.2) is 0 Å². The molecule has 2 rings (SSSR count). The molecule has 0 radical (unpaired) electrons. The molecule has 7 heteroatoms. The van der Waals surface area contributed by atoms with Crippen LogP contribution in [-0.2, 0) is 17.9 Å². The molecule has 20 heavy (non-hydrogen) atoms. The van der Waals surface area contributed by atoms with E-state index in [1.54, 1.807) is 7.05 Å². The number of nitrogens with one attached hydrogen (secondary N) is 1. The molecule has 1 amide bonds. The molecule has 2 heterocycles. The van der Waals surface area contributed by atoms with Crippen LogP contribution < -0.4 is 5.32 Å². The molecule has 1 fully saturated rings. The molecule has 1 aromatic rings. The fourth-order valence-corrected chi connectivity index (χ4v) is 2.58. The van der Waals surface area contributed by atoms with Gasteiger partial charge in [-0.2, -0.15) is 0 Å². The maximum absolute atomic E-state index is 11.6. The van der Waals surface area contributed by atoms with Crippen LogP contribution in [0, 0.1) is 5.92 Å². The van der Waals surface area contributed by atoms with Crippen molar-refractivity contribution in [2.75, 3.05) is 20.1 Å². The second-order valence-corrected chi connectivity index (χ2v) is 5.34. The maximum Gasteiger partial charge on any atom is 0.222 e. The SMILES string of the molecule is CCCCn1nnnc1CN1CCC(C(=O)NC)CC1. The van der Waals surface area contributed by atoms with E-state index in [-0.39, 0.29) is 11.8 Å². The number of unbranched alkanes of at least 4 members (excludes halogenated alkanes) is 1. The number of carbonyl (C=O) groups is 1. The fraction of sp³-hybridized carbons (Fsp3) is 0.846. The molecule has 0 spiro atoms. The first-order chi connectivity index (χ1) is 9.74. The zero-order chi connectivity index (χ0) is 14.4. The third-order valence-corrected chi connectivity index (χ3v) is 3.90. The summed E-state index contributed by atoms with van der Waals surface area (Å²) in [6.45, 7) is 5.68. The predicted molar refractivity (Wildman–Crippen MR) is 74.8 cm³/mol. The van der Waals surface area contributed by atoms with Crippen molar-refractivity contribution in [3.05, 3.63) is 5.82 Å². The van der Waals surface area contributed by atoms with Crippen molar-refractivity contribution in [3.63, 3.8) is 0 Å². The molecule has 1 aliphatic heterocycles. The van der Waals surface area contributed by atoms with Crippen LogP contribution in [0.1, 0.15) is 38.4 Å². The van der Waals surface area contributed by atoms with Gasteiger partial charge in [0.15, 0.2) is 5.82 Å². The average molecular weight is 280 g/mol. The van der Waals surface area contributed by atoms with E-state index in [9.17, 15) is 4.79 Å². The van der Waals surface area contributed by atoms with Gasteiger partial charge in [-0.05, 0) is 42.8 Å². The van der Waals surface area contributed by atoms with Crippen LogP contribution >= 0.6 is 0 Å². The lowest BCUT2D eigenvalue weighted by molar-refractivity contribution is -0.125. The number of hydrogen-bond donors (Lipinski definition) is 1. The van der Waals surface area contributed by atoms with E-state index in [0.29, 0.717) is 0 Å². The van der Waals surface area contributed by atoms with Gasteiger partial charge in [-0.25, -0.2) is 4.68 Å². The second kappa shape index (κ2) is 7.33. The lowest BCUT2D eigenvalue weighted by Crippen LogP contribution is -2.39. The Labute approximate surface area is 119 Å². The van der Waals surface area contributed by atoms with Gasteiger partial charge >= 0.3 is 0 Å². The summed E-state index contributed by atoms with van der Waals surface area (Å²) in [5.41, 5.74) is 0. The Balaban J connectivity index is 1.83. The largest absolute Gasteiger partial charge is 0.359 e. The molecule has 1 aromatic heterocycles. The van der Waals surface area contributed by atoms with Gasteiger partial charge in [-0.1, -0.05) is 13.3 Å². The van der Waals surface area contributed by atoms with E-state index < -0.39 is 0 Å². The molecule has 0 aromatic carbocycles. The Bertz CT molecular complexity index is 424. The van der Waals surface area contributed by atoms with Gasteiger partial charge in [0.25, 0.3) is 0 Å². The first-order valence-electron chi connectivity index (χ1n) is 7.43. The maximum atomic E-state index is 11.6. The lowest BCUT2D eigenvalue weighted by Gasteiger charge is -2.30. The molecule has 7 nitrogen and oxygen atoms in total. The average Bonchev–Trinajstić information content (AvgIpc) is 2.92. The van der Waals surface area contributed by atoms with Crippen LogP contribution in [0.3, 0.4) is 0 Å². The molecule has 0 saturated carbocycles. The number of hydrogen-bond acceptors (Lipinski definition) is 5. The van der Waals surface area contributed by atoms with Gasteiger partial charge in [-0.15, -0.1) is 5.10 Å². The first-order valence-corrected chi connectivity index (χ1v) is 7.43. The minimum absolute atomic E-state index is 0.160. The lowest BCUT2D eigenvalue weighted by atomic mass is 9.96. The monoisotopic (exact) mass is 280 g/mol. The number of likely N-dealkylation sites (tertiary alicyclic amines) is 1. The third kappa shape index (κ3) is 3.75. The van der Waals surface area contributed by atoms with Crippen molar-refractivity contribution in [1.29, 1.82) is 0 Å². The summed E-state index contributed by atoms with van der Waals surface area (Å²) in [7, 11) is 1.70. The van der Waals surface area contributed by atoms with Crippen LogP contribution in [0.4, 0.5) is 0 Å². The third-order valence-electron chi connectivity index (χ3n) is 3.90. The number of nitrogens with zero attached hydrogens (tertiary/aromatic N) is 5. The number of piperidine rings is 1. The van der Waals surface area contributed by atoms with Crippen molar-refractivity contribution < 1.29 is 4.79 Å². The normalized spacial score (nSPS) is 17.3. The van der Waals surface area contributed by atoms with Crippen LogP contribution in [0.5, 0.6) is 0 Å². The number of amides is 1. The number of tetrazole rings is 1. The molecule has 0 aliphatic carbocycles.